The van der Waals surface area contributed by atoms with Gasteiger partial charge in [-0.1, -0.05) is 56.1 Å². The Kier molecular flexibility index (Phi) is 11.2. The molecule has 2 aromatic heterocycles. The summed E-state index contributed by atoms with van der Waals surface area (Å²) in [5.74, 6) is 1.11. The Morgan fingerprint density at radius 3 is 2.50 bits per heavy atom. The molecular formula is C44H50ClN7O5S. The molecule has 58 heavy (non-hydrogen) atoms. The lowest BCUT2D eigenvalue weighted by Crippen LogP contribution is -2.47. The van der Waals surface area contributed by atoms with Crippen molar-refractivity contribution >= 4 is 55.3 Å². The summed E-state index contributed by atoms with van der Waals surface area (Å²) in [6.07, 6.45) is 7.14. The molecule has 0 radical (unpaired) electrons. The van der Waals surface area contributed by atoms with Gasteiger partial charge in [0.2, 0.25) is 0 Å². The number of piperazine rings is 1. The van der Waals surface area contributed by atoms with Crippen molar-refractivity contribution in [3.8, 4) is 11.5 Å². The van der Waals surface area contributed by atoms with Crippen molar-refractivity contribution in [1.82, 2.24) is 18.8 Å². The molecular weight excluding hydrogens is 774 g/mol. The number of pyridine rings is 1. The maximum Gasteiger partial charge on any atom is 0.293 e. The normalized spacial score (nSPS) is 19.2. The van der Waals surface area contributed by atoms with Crippen molar-refractivity contribution in [2.75, 3.05) is 62.6 Å². The van der Waals surface area contributed by atoms with Gasteiger partial charge in [-0.15, -0.1) is 0 Å². The highest BCUT2D eigenvalue weighted by Gasteiger charge is 2.30. The molecule has 12 nitrogen and oxygen atoms in total. The average molecular weight is 824 g/mol. The molecule has 1 N–H and O–H groups in total. The van der Waals surface area contributed by atoms with E-state index in [0.29, 0.717) is 22.6 Å². The van der Waals surface area contributed by atoms with Crippen LogP contribution in [0.3, 0.4) is 0 Å². The summed E-state index contributed by atoms with van der Waals surface area (Å²) < 4.78 is 35.0. The van der Waals surface area contributed by atoms with Crippen LogP contribution in [0.2, 0.25) is 5.02 Å². The lowest BCUT2D eigenvalue weighted by atomic mass is 9.72. The summed E-state index contributed by atoms with van der Waals surface area (Å²) in [4.78, 5) is 23.0. The van der Waals surface area contributed by atoms with Crippen molar-refractivity contribution in [3.05, 3.63) is 118 Å². The number of nitrogens with one attached hydrogen (secondary N) is 1. The number of nitro groups is 1. The Hall–Kier alpha value is -4.95. The van der Waals surface area contributed by atoms with Gasteiger partial charge in [0.1, 0.15) is 17.2 Å². The fourth-order valence-electron chi connectivity index (χ4n) is 8.52. The summed E-state index contributed by atoms with van der Waals surface area (Å²) in [5, 5.41) is 16.6. The maximum atomic E-state index is 13.8. The Balaban J connectivity index is 0.925. The van der Waals surface area contributed by atoms with E-state index in [9.17, 15) is 18.5 Å². The number of allylic oxidation sites excluding steroid dienone is 1. The highest BCUT2D eigenvalue weighted by atomic mass is 35.5. The highest BCUT2D eigenvalue weighted by molar-refractivity contribution is 7.90. The third kappa shape index (κ3) is 8.58. The second kappa shape index (κ2) is 16.4. The number of rotatable bonds is 12. The summed E-state index contributed by atoms with van der Waals surface area (Å²) >= 11 is 6.23. The van der Waals surface area contributed by atoms with Crippen LogP contribution < -0.4 is 15.0 Å². The summed E-state index contributed by atoms with van der Waals surface area (Å²) in [6, 6.07) is 23.7. The van der Waals surface area contributed by atoms with Gasteiger partial charge in [-0.25, -0.2) is 17.4 Å². The molecule has 1 aliphatic carbocycles. The standard InChI is InChI=1S/C44H50ClN7O5S/c1-4-48-18-16-35(30-48)47-41-13-12-39(26-42(41)52(53)54)58(55,56)51-19-15-32-24-38(28-46-43(32)51)57-37-7-5-6-36(25-37)50-22-20-49(21-23-50)29-33-14-17-44(2,3)27-40(33)31-8-10-34(45)11-9-31/h5-13,15,19,24-26,28,35,47H,4,14,16-18,20-23,27,29-30H2,1-3H3/t35-/m1/s1. The molecule has 0 bridgehead atoms. The zero-order valence-corrected chi connectivity index (χ0v) is 34.8. The van der Waals surface area contributed by atoms with Crippen LogP contribution in [0.15, 0.2) is 102 Å². The van der Waals surface area contributed by atoms with Crippen LogP contribution in [0, 0.1) is 15.5 Å². The smallest absolute Gasteiger partial charge is 0.293 e. The fourth-order valence-corrected chi connectivity index (χ4v) is 9.98. The monoisotopic (exact) mass is 823 g/mol. The first-order valence-electron chi connectivity index (χ1n) is 20.1. The van der Waals surface area contributed by atoms with Crippen LogP contribution in [0.4, 0.5) is 17.1 Å². The van der Waals surface area contributed by atoms with Gasteiger partial charge in [0.15, 0.2) is 5.65 Å². The number of likely N-dealkylation sites (tertiary alicyclic amines) is 1. The zero-order valence-electron chi connectivity index (χ0n) is 33.2. The summed E-state index contributed by atoms with van der Waals surface area (Å²) in [7, 11) is -4.20. The molecule has 3 aromatic carbocycles. The maximum absolute atomic E-state index is 13.8. The number of hydrogen-bond acceptors (Lipinski definition) is 10. The topological polar surface area (TPSA) is 126 Å². The molecule has 0 spiro atoms. The predicted octanol–water partition coefficient (Wildman–Crippen LogP) is 8.92. The number of halogens is 1. The molecule has 2 fully saturated rings. The van der Waals surface area contributed by atoms with Crippen LogP contribution >= 0.6 is 11.6 Å². The number of nitrogens with zero attached hydrogens (tertiary/aromatic N) is 6. The molecule has 0 unspecified atom stereocenters. The number of fused-ring (bicyclic) bond motifs is 1. The first kappa shape index (κ1) is 39.9. The Labute approximate surface area is 345 Å². The summed E-state index contributed by atoms with van der Waals surface area (Å²) in [6.45, 7) is 14.1. The predicted molar refractivity (Wildman–Crippen MR) is 231 cm³/mol. The van der Waals surface area contributed by atoms with Crippen LogP contribution in [0.1, 0.15) is 52.0 Å². The van der Waals surface area contributed by atoms with Crippen molar-refractivity contribution < 1.29 is 18.1 Å². The average Bonchev–Trinajstić information content (AvgIpc) is 3.86. The van der Waals surface area contributed by atoms with Crippen LogP contribution in [-0.2, 0) is 10.0 Å². The molecule has 2 aliphatic heterocycles. The zero-order chi connectivity index (χ0) is 40.6. The van der Waals surface area contributed by atoms with E-state index < -0.39 is 14.9 Å². The van der Waals surface area contributed by atoms with E-state index in [1.807, 2.05) is 30.3 Å². The van der Waals surface area contributed by atoms with Gasteiger partial charge in [-0.3, -0.25) is 15.0 Å². The molecule has 8 rings (SSSR count). The minimum absolute atomic E-state index is 0.0480. The van der Waals surface area contributed by atoms with Gasteiger partial charge in [-0.05, 0) is 97.3 Å². The Bertz CT molecular complexity index is 2460. The van der Waals surface area contributed by atoms with E-state index in [4.69, 9.17) is 16.3 Å². The van der Waals surface area contributed by atoms with E-state index in [2.05, 4.69) is 64.0 Å². The third-order valence-corrected chi connectivity index (χ3v) is 13.8. The van der Waals surface area contributed by atoms with Gasteiger partial charge >= 0.3 is 0 Å². The number of benzene rings is 3. The molecule has 14 heteroatoms. The van der Waals surface area contributed by atoms with E-state index >= 15 is 0 Å². The molecule has 4 heterocycles. The SMILES string of the molecule is CCN1CC[C@@H](Nc2ccc(S(=O)(=O)n3ccc4cc(Oc5cccc(N6CCN(CC7=C(c8ccc(Cl)cc8)CC(C)(C)CC7)CC6)c5)cnc43)cc2[N+](=O)[O-])C1. The van der Waals surface area contributed by atoms with Crippen molar-refractivity contribution in [2.24, 2.45) is 5.41 Å². The van der Waals surface area contributed by atoms with E-state index in [1.165, 1.54) is 47.7 Å². The van der Waals surface area contributed by atoms with E-state index in [0.717, 1.165) is 92.4 Å². The number of ether oxygens (including phenoxy) is 1. The quantitative estimate of drug-likeness (QED) is 0.0963. The molecule has 1 atom stereocenters. The summed E-state index contributed by atoms with van der Waals surface area (Å²) in [5.41, 5.74) is 5.86. The molecule has 3 aliphatic rings. The van der Waals surface area contributed by atoms with Gasteiger partial charge in [0, 0.05) is 86.3 Å². The van der Waals surface area contributed by atoms with Crippen LogP contribution in [0.25, 0.3) is 16.6 Å². The molecule has 5 aromatic rings. The van der Waals surface area contributed by atoms with Gasteiger partial charge in [0.05, 0.1) is 16.0 Å². The third-order valence-electron chi connectivity index (χ3n) is 11.9. The van der Waals surface area contributed by atoms with Gasteiger partial charge < -0.3 is 19.9 Å². The minimum atomic E-state index is -4.20. The molecule has 0 saturated carbocycles. The lowest BCUT2D eigenvalue weighted by molar-refractivity contribution is -0.384. The first-order valence-corrected chi connectivity index (χ1v) is 21.9. The first-order chi connectivity index (χ1) is 27.8. The highest BCUT2D eigenvalue weighted by Crippen LogP contribution is 2.43. The second-order valence-corrected chi connectivity index (χ2v) is 18.7. The molecule has 304 valence electrons. The van der Waals surface area contributed by atoms with E-state index in [1.54, 1.807) is 12.1 Å². The number of nitro benzene ring substituents is 1. The lowest BCUT2D eigenvalue weighted by Gasteiger charge is -2.39. The van der Waals surface area contributed by atoms with Crippen LogP contribution in [0.5, 0.6) is 11.5 Å². The van der Waals surface area contributed by atoms with Crippen LogP contribution in [-0.4, -0.2) is 90.5 Å². The van der Waals surface area contributed by atoms with E-state index in [-0.39, 0.29) is 27.7 Å². The van der Waals surface area contributed by atoms with Crippen molar-refractivity contribution in [3.63, 3.8) is 0 Å². The minimum Gasteiger partial charge on any atom is -0.456 e. The fraction of sp³-hybridized carbons (Fsp3) is 0.386. The molecule has 2 saturated heterocycles. The Morgan fingerprint density at radius 2 is 1.76 bits per heavy atom. The second-order valence-electron chi connectivity index (χ2n) is 16.5. The number of hydrogen-bond donors (Lipinski definition) is 1. The Morgan fingerprint density at radius 1 is 0.966 bits per heavy atom. The van der Waals surface area contributed by atoms with Crippen molar-refractivity contribution in [1.29, 1.82) is 0 Å². The molecule has 0 amide bonds. The van der Waals surface area contributed by atoms with Crippen molar-refractivity contribution in [2.45, 2.75) is 57.4 Å². The van der Waals surface area contributed by atoms with Gasteiger partial charge in [0.25, 0.3) is 15.7 Å². The number of anilines is 2. The largest absolute Gasteiger partial charge is 0.456 e. The van der Waals surface area contributed by atoms with Gasteiger partial charge in [-0.2, -0.15) is 0 Å². The number of aromatic nitrogens is 2. The number of likely N-dealkylation sites (N-methyl/N-ethyl adjacent to an activating group) is 1.